The molecule has 0 atom stereocenters. The molecule has 0 radical (unpaired) electrons. The van der Waals surface area contributed by atoms with E-state index in [1.807, 2.05) is 19.1 Å². The van der Waals surface area contributed by atoms with E-state index in [9.17, 15) is 13.2 Å². The van der Waals surface area contributed by atoms with Gasteiger partial charge in [-0.05, 0) is 55.3 Å². The monoisotopic (exact) mass is 441 g/mol. The Morgan fingerprint density at radius 2 is 1.75 bits per heavy atom. The smallest absolute Gasteiger partial charge is 0.264 e. The third kappa shape index (κ3) is 4.22. The third-order valence-corrected chi connectivity index (χ3v) is 6.47. The van der Waals surface area contributed by atoms with Crippen molar-refractivity contribution in [3.63, 3.8) is 0 Å². The van der Waals surface area contributed by atoms with Gasteiger partial charge in [-0.2, -0.15) is 0 Å². The molecule has 0 aliphatic heterocycles. The summed E-state index contributed by atoms with van der Waals surface area (Å²) < 4.78 is 29.5. The van der Waals surface area contributed by atoms with Crippen LogP contribution in [0.15, 0.2) is 71.9 Å². The molecular formula is C25H19N3O3S. The number of benzene rings is 2. The van der Waals surface area contributed by atoms with E-state index in [2.05, 4.69) is 26.5 Å². The zero-order valence-electron chi connectivity index (χ0n) is 17.5. The minimum absolute atomic E-state index is 0.148. The summed E-state index contributed by atoms with van der Waals surface area (Å²) in [5.74, 6) is 5.93. The van der Waals surface area contributed by atoms with E-state index >= 15 is 0 Å². The highest BCUT2D eigenvalue weighted by molar-refractivity contribution is 7.93. The first-order valence-corrected chi connectivity index (χ1v) is 11.3. The fourth-order valence-corrected chi connectivity index (χ4v) is 4.93. The van der Waals surface area contributed by atoms with Crippen molar-refractivity contribution in [3.8, 4) is 11.8 Å². The van der Waals surface area contributed by atoms with Crippen LogP contribution in [0.4, 0.5) is 5.69 Å². The second-order valence-electron chi connectivity index (χ2n) is 7.23. The summed E-state index contributed by atoms with van der Waals surface area (Å²) in [6.07, 6.45) is 3.74. The number of nitrogens with zero attached hydrogens (tertiary/aromatic N) is 2. The number of hydrogen-bond donors (Lipinski definition) is 1. The molecule has 2 aromatic carbocycles. The second kappa shape index (κ2) is 8.61. The molecule has 0 spiro atoms. The SMILES string of the molecule is Cc1cc(C)c2cccnc2c1S(=O)(=O)Nc1ccccc1C#Cc1ccc(C=O)nc1. The Balaban J connectivity index is 1.74. The lowest BCUT2D eigenvalue weighted by Crippen LogP contribution is -2.16. The van der Waals surface area contributed by atoms with Gasteiger partial charge in [-0.1, -0.05) is 36.1 Å². The van der Waals surface area contributed by atoms with Crippen molar-refractivity contribution in [3.05, 3.63) is 94.9 Å². The van der Waals surface area contributed by atoms with Gasteiger partial charge in [-0.15, -0.1) is 0 Å². The van der Waals surface area contributed by atoms with Gasteiger partial charge in [0.1, 0.15) is 10.6 Å². The van der Waals surface area contributed by atoms with Crippen molar-refractivity contribution in [1.29, 1.82) is 0 Å². The molecule has 2 aromatic heterocycles. The maximum absolute atomic E-state index is 13.4. The van der Waals surface area contributed by atoms with Crippen molar-refractivity contribution < 1.29 is 13.2 Å². The van der Waals surface area contributed by atoms with Gasteiger partial charge in [-0.3, -0.25) is 19.5 Å². The first kappa shape index (κ1) is 21.2. The summed E-state index contributed by atoms with van der Waals surface area (Å²) in [5.41, 5.74) is 3.81. The molecule has 4 rings (SSSR count). The van der Waals surface area contributed by atoms with Gasteiger partial charge in [0.25, 0.3) is 10.0 Å². The number of rotatable bonds is 4. The number of carbonyl (C=O) groups is 1. The largest absolute Gasteiger partial charge is 0.296 e. The first-order valence-electron chi connectivity index (χ1n) is 9.79. The predicted molar refractivity (Wildman–Crippen MR) is 124 cm³/mol. The van der Waals surface area contributed by atoms with Crippen LogP contribution in [0.1, 0.15) is 32.7 Å². The van der Waals surface area contributed by atoms with Crippen LogP contribution < -0.4 is 4.72 Å². The molecule has 6 nitrogen and oxygen atoms in total. The van der Waals surface area contributed by atoms with E-state index in [1.165, 1.54) is 6.20 Å². The highest BCUT2D eigenvalue weighted by atomic mass is 32.2. The molecule has 32 heavy (non-hydrogen) atoms. The van der Waals surface area contributed by atoms with E-state index in [-0.39, 0.29) is 4.90 Å². The van der Waals surface area contributed by atoms with Gasteiger partial charge in [0.05, 0.1) is 11.2 Å². The average molecular weight is 442 g/mol. The van der Waals surface area contributed by atoms with Gasteiger partial charge >= 0.3 is 0 Å². The molecule has 4 aromatic rings. The number of pyridine rings is 2. The van der Waals surface area contributed by atoms with E-state index < -0.39 is 10.0 Å². The molecule has 1 N–H and O–H groups in total. The fourth-order valence-electron chi connectivity index (χ4n) is 3.46. The van der Waals surface area contributed by atoms with Crippen LogP contribution in [0, 0.1) is 25.7 Å². The number of sulfonamides is 1. The summed E-state index contributed by atoms with van der Waals surface area (Å²) in [6, 6.07) is 15.7. The molecule has 0 bridgehead atoms. The van der Waals surface area contributed by atoms with E-state index in [1.54, 1.807) is 55.6 Å². The summed E-state index contributed by atoms with van der Waals surface area (Å²) in [4.78, 5) is 19.2. The van der Waals surface area contributed by atoms with Crippen molar-refractivity contribution in [2.24, 2.45) is 0 Å². The summed E-state index contributed by atoms with van der Waals surface area (Å²) in [5, 5.41) is 0.790. The van der Waals surface area contributed by atoms with Gasteiger partial charge in [-0.25, -0.2) is 8.42 Å². The zero-order chi connectivity index (χ0) is 22.7. The van der Waals surface area contributed by atoms with Crippen LogP contribution >= 0.6 is 0 Å². The Morgan fingerprint density at radius 3 is 2.50 bits per heavy atom. The van der Waals surface area contributed by atoms with Gasteiger partial charge in [0, 0.05) is 28.9 Å². The Morgan fingerprint density at radius 1 is 0.938 bits per heavy atom. The van der Waals surface area contributed by atoms with Crippen LogP contribution in [0.25, 0.3) is 10.9 Å². The van der Waals surface area contributed by atoms with Crippen LogP contribution in [0.3, 0.4) is 0 Å². The minimum Gasteiger partial charge on any atom is -0.296 e. The molecule has 0 unspecified atom stereocenters. The molecule has 7 heteroatoms. The Kier molecular flexibility index (Phi) is 5.71. The molecule has 0 saturated carbocycles. The van der Waals surface area contributed by atoms with Gasteiger partial charge in [0.15, 0.2) is 6.29 Å². The molecule has 158 valence electrons. The lowest BCUT2D eigenvalue weighted by molar-refractivity contribution is 0.111. The van der Waals surface area contributed by atoms with Crippen LogP contribution in [0.5, 0.6) is 0 Å². The molecule has 2 heterocycles. The number of anilines is 1. The van der Waals surface area contributed by atoms with Gasteiger partial charge < -0.3 is 0 Å². The number of aryl methyl sites for hydroxylation is 2. The van der Waals surface area contributed by atoms with Crippen LogP contribution in [-0.2, 0) is 10.0 Å². The number of para-hydroxylation sites is 1. The standard InChI is InChI=1S/C25H19N3O3S/c1-17-14-18(2)25(24-22(17)7-5-13-26-24)32(30,31)28-23-8-4-3-6-20(23)11-9-19-10-12-21(16-29)27-15-19/h3-8,10,12-16,28H,1-2H3. The van der Waals surface area contributed by atoms with Crippen LogP contribution in [-0.4, -0.2) is 24.7 Å². The van der Waals surface area contributed by atoms with E-state index in [4.69, 9.17) is 0 Å². The molecule has 0 saturated heterocycles. The minimum atomic E-state index is -3.93. The molecule has 0 aliphatic rings. The number of fused-ring (bicyclic) bond motifs is 1. The normalized spacial score (nSPS) is 10.9. The number of aldehydes is 1. The maximum atomic E-state index is 13.4. The zero-order valence-corrected chi connectivity index (χ0v) is 18.3. The van der Waals surface area contributed by atoms with Crippen molar-refractivity contribution >= 4 is 32.9 Å². The maximum Gasteiger partial charge on any atom is 0.264 e. The Labute approximate surface area is 186 Å². The topological polar surface area (TPSA) is 89.0 Å². The quantitative estimate of drug-likeness (QED) is 0.378. The van der Waals surface area contributed by atoms with Crippen molar-refractivity contribution in [2.45, 2.75) is 18.7 Å². The Bertz CT molecular complexity index is 1500. The fraction of sp³-hybridized carbons (Fsp3) is 0.0800. The molecule has 0 aliphatic carbocycles. The van der Waals surface area contributed by atoms with E-state index in [0.717, 1.165) is 10.9 Å². The summed E-state index contributed by atoms with van der Waals surface area (Å²) in [6.45, 7) is 3.69. The van der Waals surface area contributed by atoms with Crippen molar-refractivity contribution in [1.82, 2.24) is 9.97 Å². The average Bonchev–Trinajstić information content (AvgIpc) is 2.78. The number of nitrogens with one attached hydrogen (secondary N) is 1. The van der Waals surface area contributed by atoms with Gasteiger partial charge in [0.2, 0.25) is 0 Å². The first-order chi connectivity index (χ1) is 15.4. The summed E-state index contributed by atoms with van der Waals surface area (Å²) in [7, 11) is -3.93. The molecule has 0 amide bonds. The third-order valence-electron chi connectivity index (χ3n) is 4.93. The summed E-state index contributed by atoms with van der Waals surface area (Å²) >= 11 is 0. The number of aromatic nitrogens is 2. The predicted octanol–water partition coefficient (Wildman–Crippen LogP) is 4.26. The lowest BCUT2D eigenvalue weighted by atomic mass is 10.1. The molecule has 0 fully saturated rings. The highest BCUT2D eigenvalue weighted by Gasteiger charge is 2.23. The number of carbonyl (C=O) groups excluding carboxylic acids is 1. The Hall–Kier alpha value is -4.02. The lowest BCUT2D eigenvalue weighted by Gasteiger charge is -2.15. The van der Waals surface area contributed by atoms with Crippen LogP contribution in [0.2, 0.25) is 0 Å². The highest BCUT2D eigenvalue weighted by Crippen LogP contribution is 2.29. The second-order valence-corrected chi connectivity index (χ2v) is 8.85. The van der Waals surface area contributed by atoms with Crippen molar-refractivity contribution in [2.75, 3.05) is 4.72 Å². The molecular weight excluding hydrogens is 422 g/mol. The number of hydrogen-bond acceptors (Lipinski definition) is 5. The van der Waals surface area contributed by atoms with E-state index in [0.29, 0.717) is 39.9 Å².